The summed E-state index contributed by atoms with van der Waals surface area (Å²) < 4.78 is 0. The Labute approximate surface area is 64.9 Å². The van der Waals surface area contributed by atoms with E-state index in [0.29, 0.717) is 5.57 Å². The first-order valence-corrected chi connectivity index (χ1v) is 3.36. The first-order chi connectivity index (χ1) is 5.25. The number of allylic oxidation sites excluding steroid dienone is 2. The Morgan fingerprint density at radius 2 is 2.27 bits per heavy atom. The van der Waals surface area contributed by atoms with Crippen molar-refractivity contribution in [2.24, 2.45) is 0 Å². The highest BCUT2D eigenvalue weighted by Crippen LogP contribution is 2.15. The maximum Gasteiger partial charge on any atom is 0.106 e. The minimum absolute atomic E-state index is 0.169. The maximum atomic E-state index is 9.25. The average molecular weight is 151 g/mol. The van der Waals surface area contributed by atoms with Crippen molar-refractivity contribution in [2.75, 3.05) is 0 Å². The van der Waals surface area contributed by atoms with Crippen molar-refractivity contribution in [1.82, 2.24) is 0 Å². The van der Waals surface area contributed by atoms with E-state index in [1.54, 1.807) is 12.2 Å². The predicted octanol–water partition coefficient (Wildman–Crippen LogP) is 0.118. The fraction of sp³-hybridized carbons (Fsp3) is 0.375. The van der Waals surface area contributed by atoms with Crippen LogP contribution in [0.2, 0.25) is 0 Å². The van der Waals surface area contributed by atoms with Crippen LogP contribution < -0.4 is 0 Å². The van der Waals surface area contributed by atoms with Gasteiger partial charge < -0.3 is 10.2 Å². The van der Waals surface area contributed by atoms with Gasteiger partial charge in [0.05, 0.1) is 12.5 Å². The molecule has 11 heavy (non-hydrogen) atoms. The fourth-order valence-corrected chi connectivity index (χ4v) is 0.971. The average Bonchev–Trinajstić information content (AvgIpc) is 1.99. The van der Waals surface area contributed by atoms with Gasteiger partial charge in [-0.15, -0.1) is 0 Å². The maximum absolute atomic E-state index is 9.25. The molecule has 0 bridgehead atoms. The summed E-state index contributed by atoms with van der Waals surface area (Å²) in [6.07, 6.45) is 3.20. The molecule has 3 nitrogen and oxygen atoms in total. The highest BCUT2D eigenvalue weighted by Gasteiger charge is 2.19. The molecule has 0 amide bonds. The van der Waals surface area contributed by atoms with Crippen LogP contribution in [0.25, 0.3) is 0 Å². The van der Waals surface area contributed by atoms with Crippen LogP contribution in [0.5, 0.6) is 0 Å². The summed E-state index contributed by atoms with van der Waals surface area (Å²) in [4.78, 5) is 0. The zero-order chi connectivity index (χ0) is 8.27. The third-order valence-corrected chi connectivity index (χ3v) is 1.61. The molecule has 0 aromatic rings. The number of nitrogens with zero attached hydrogens (tertiary/aromatic N) is 1. The lowest BCUT2D eigenvalue weighted by Gasteiger charge is -2.18. The summed E-state index contributed by atoms with van der Waals surface area (Å²) in [5, 5.41) is 26.7. The van der Waals surface area contributed by atoms with Crippen molar-refractivity contribution in [3.05, 3.63) is 23.8 Å². The van der Waals surface area contributed by atoms with Crippen molar-refractivity contribution < 1.29 is 10.2 Å². The molecule has 0 aliphatic heterocycles. The van der Waals surface area contributed by atoms with Crippen LogP contribution in [0, 0.1) is 11.3 Å². The Morgan fingerprint density at radius 3 is 2.91 bits per heavy atom. The van der Waals surface area contributed by atoms with Crippen LogP contribution in [0.1, 0.15) is 6.42 Å². The third-order valence-electron chi connectivity index (χ3n) is 1.61. The molecule has 1 aliphatic rings. The molecule has 0 aromatic heterocycles. The van der Waals surface area contributed by atoms with Gasteiger partial charge in [-0.1, -0.05) is 18.2 Å². The van der Waals surface area contributed by atoms with Gasteiger partial charge in [-0.2, -0.15) is 5.26 Å². The molecule has 2 atom stereocenters. The number of rotatable bonds is 1. The van der Waals surface area contributed by atoms with E-state index in [1.165, 1.54) is 6.08 Å². The highest BCUT2D eigenvalue weighted by atomic mass is 16.3. The molecule has 0 unspecified atom stereocenters. The van der Waals surface area contributed by atoms with E-state index in [1.807, 2.05) is 6.07 Å². The van der Waals surface area contributed by atoms with Crippen molar-refractivity contribution in [2.45, 2.75) is 18.6 Å². The number of aliphatic hydroxyl groups excluding tert-OH is 2. The summed E-state index contributed by atoms with van der Waals surface area (Å²) in [5.74, 6) is 0. The lowest BCUT2D eigenvalue weighted by molar-refractivity contribution is 0.0704. The Balaban J connectivity index is 2.72. The van der Waals surface area contributed by atoms with Gasteiger partial charge in [0.15, 0.2) is 0 Å². The molecule has 1 aliphatic carbocycles. The lowest BCUT2D eigenvalue weighted by atomic mass is 9.97. The molecule has 0 spiro atoms. The highest BCUT2D eigenvalue weighted by molar-refractivity contribution is 5.27. The fourth-order valence-electron chi connectivity index (χ4n) is 0.971. The minimum atomic E-state index is -0.903. The molecule has 1 rings (SSSR count). The van der Waals surface area contributed by atoms with E-state index >= 15 is 0 Å². The van der Waals surface area contributed by atoms with Crippen molar-refractivity contribution in [3.63, 3.8) is 0 Å². The smallest absolute Gasteiger partial charge is 0.106 e. The van der Waals surface area contributed by atoms with Gasteiger partial charge in [0, 0.05) is 0 Å². The summed E-state index contributed by atoms with van der Waals surface area (Å²) >= 11 is 0. The van der Waals surface area contributed by atoms with Gasteiger partial charge in [-0.25, -0.2) is 0 Å². The minimum Gasteiger partial charge on any atom is -0.386 e. The largest absolute Gasteiger partial charge is 0.386 e. The predicted molar refractivity (Wildman–Crippen MR) is 39.5 cm³/mol. The van der Waals surface area contributed by atoms with Gasteiger partial charge in [0.25, 0.3) is 0 Å². The van der Waals surface area contributed by atoms with E-state index < -0.39 is 12.2 Å². The quantitative estimate of drug-likeness (QED) is 0.559. The molecule has 0 radical (unpaired) electrons. The number of nitriles is 1. The topological polar surface area (TPSA) is 64.2 Å². The van der Waals surface area contributed by atoms with Crippen LogP contribution in [-0.4, -0.2) is 22.4 Å². The second-order valence-electron chi connectivity index (χ2n) is 2.40. The zero-order valence-electron chi connectivity index (χ0n) is 5.94. The van der Waals surface area contributed by atoms with E-state index in [-0.39, 0.29) is 6.42 Å². The van der Waals surface area contributed by atoms with Crippen molar-refractivity contribution >= 4 is 0 Å². The molecule has 3 heteroatoms. The standard InChI is InChI=1S/C8H9NO2/c9-5-4-6-2-1-3-7(10)8(6)11/h1-3,7-8,10-11H,4H2/t7-,8+/m1/s1. The van der Waals surface area contributed by atoms with Crippen molar-refractivity contribution in [3.8, 4) is 6.07 Å². The molecular weight excluding hydrogens is 142 g/mol. The van der Waals surface area contributed by atoms with Gasteiger partial charge in [0.2, 0.25) is 0 Å². The van der Waals surface area contributed by atoms with Gasteiger partial charge in [-0.3, -0.25) is 0 Å². The van der Waals surface area contributed by atoms with E-state index in [9.17, 15) is 5.11 Å². The Hall–Kier alpha value is -1.11. The first-order valence-electron chi connectivity index (χ1n) is 3.36. The SMILES string of the molecule is N#CCC1=CC=C[C@@H](O)[C@H]1O. The lowest BCUT2D eigenvalue weighted by Crippen LogP contribution is -2.27. The molecule has 0 saturated heterocycles. The summed E-state index contributed by atoms with van der Waals surface area (Å²) in [5.41, 5.74) is 0.572. The van der Waals surface area contributed by atoms with Crippen LogP contribution in [-0.2, 0) is 0 Å². The summed E-state index contributed by atoms with van der Waals surface area (Å²) in [7, 11) is 0. The number of hydrogen-bond acceptors (Lipinski definition) is 3. The first kappa shape index (κ1) is 7.99. The molecule has 0 heterocycles. The Bertz CT molecular complexity index is 237. The van der Waals surface area contributed by atoms with E-state index in [2.05, 4.69) is 0 Å². The number of hydrogen-bond donors (Lipinski definition) is 2. The third kappa shape index (κ3) is 1.67. The van der Waals surface area contributed by atoms with E-state index in [0.717, 1.165) is 0 Å². The molecule has 58 valence electrons. The van der Waals surface area contributed by atoms with Crippen LogP contribution in [0.3, 0.4) is 0 Å². The second kappa shape index (κ2) is 3.33. The van der Waals surface area contributed by atoms with E-state index in [4.69, 9.17) is 10.4 Å². The van der Waals surface area contributed by atoms with Crippen molar-refractivity contribution in [1.29, 1.82) is 5.26 Å². The molecule has 2 N–H and O–H groups in total. The molecule has 0 saturated carbocycles. The van der Waals surface area contributed by atoms with Crippen LogP contribution >= 0.6 is 0 Å². The number of aliphatic hydroxyl groups is 2. The van der Waals surface area contributed by atoms with Gasteiger partial charge >= 0.3 is 0 Å². The second-order valence-corrected chi connectivity index (χ2v) is 2.40. The monoisotopic (exact) mass is 151 g/mol. The summed E-state index contributed by atoms with van der Waals surface area (Å²) in [6.45, 7) is 0. The van der Waals surface area contributed by atoms with Crippen LogP contribution in [0.4, 0.5) is 0 Å². The normalized spacial score (nSPS) is 29.4. The molecule has 0 aromatic carbocycles. The molecule has 0 fully saturated rings. The van der Waals surface area contributed by atoms with Gasteiger partial charge in [0.1, 0.15) is 12.2 Å². The Morgan fingerprint density at radius 1 is 1.55 bits per heavy atom. The van der Waals surface area contributed by atoms with Gasteiger partial charge in [-0.05, 0) is 5.57 Å². The molecular formula is C8H9NO2. The van der Waals surface area contributed by atoms with Crippen LogP contribution in [0.15, 0.2) is 23.8 Å². The zero-order valence-corrected chi connectivity index (χ0v) is 5.94. The Kier molecular flexibility index (Phi) is 2.42. The summed E-state index contributed by atoms with van der Waals surface area (Å²) in [6, 6.07) is 1.92.